The van der Waals surface area contributed by atoms with Gasteiger partial charge in [-0.2, -0.15) is 13.5 Å². The van der Waals surface area contributed by atoms with Crippen LogP contribution < -0.4 is 5.43 Å². The molecule has 1 aromatic carbocycles. The molecule has 1 heterocycles. The van der Waals surface area contributed by atoms with Gasteiger partial charge in [-0.05, 0) is 122 Å². The number of anilines is 1. The molecule has 0 aliphatic heterocycles. The van der Waals surface area contributed by atoms with Crippen molar-refractivity contribution < 1.29 is 26.0 Å². The maximum atomic E-state index is 12.8. The topological polar surface area (TPSA) is 155 Å². The van der Waals surface area contributed by atoms with Crippen LogP contribution in [0.3, 0.4) is 0 Å². The van der Waals surface area contributed by atoms with E-state index in [1.165, 1.54) is 20.2 Å². The Morgan fingerprint density at radius 2 is 1.67 bits per heavy atom. The Bertz CT molecular complexity index is 1620. The van der Waals surface area contributed by atoms with Crippen LogP contribution in [0.25, 0.3) is 11.0 Å². The van der Waals surface area contributed by atoms with Crippen LogP contribution in [0.15, 0.2) is 26.8 Å². The maximum Gasteiger partial charge on any atom is 0.267 e. The Labute approximate surface area is 248 Å². The molecule has 6 rings (SSSR count). The monoisotopic (exact) mass is 621 g/mol. The van der Waals surface area contributed by atoms with Gasteiger partial charge in [-0.1, -0.05) is 13.8 Å². The van der Waals surface area contributed by atoms with E-state index in [4.69, 9.17) is 9.73 Å². The zero-order chi connectivity index (χ0) is 30.2. The normalized spacial score (nSPS) is 37.4. The molecule has 2 aromatic rings. The quantitative estimate of drug-likeness (QED) is 0.252. The van der Waals surface area contributed by atoms with Crippen molar-refractivity contribution in [1.29, 1.82) is 0 Å². The smallest absolute Gasteiger partial charge is 0.267 e. The number of aromatic nitrogens is 2. The third-order valence-corrected chi connectivity index (χ3v) is 15.2. The highest BCUT2D eigenvalue weighted by molar-refractivity contribution is 7.89. The predicted octanol–water partition coefficient (Wildman–Crippen LogP) is 5.18. The zero-order valence-corrected chi connectivity index (χ0v) is 26.7. The molecule has 0 unspecified atom stereocenters. The zero-order valence-electron chi connectivity index (χ0n) is 25.1. The second kappa shape index (κ2) is 10.2. The molecule has 4 fully saturated rings. The largest absolute Gasteiger partial charge is 0.285 e. The molecule has 2 N–H and O–H groups in total. The van der Waals surface area contributed by atoms with E-state index in [-0.39, 0.29) is 21.2 Å². The van der Waals surface area contributed by atoms with Gasteiger partial charge < -0.3 is 0 Å². The van der Waals surface area contributed by atoms with Crippen molar-refractivity contribution in [2.75, 3.05) is 19.5 Å². The van der Waals surface area contributed by atoms with Crippen LogP contribution >= 0.6 is 0 Å². The maximum absolute atomic E-state index is 12.8. The van der Waals surface area contributed by atoms with Crippen molar-refractivity contribution in [1.82, 2.24) is 14.6 Å². The molecule has 0 radical (unpaired) electrons. The van der Waals surface area contributed by atoms with Crippen LogP contribution in [-0.2, 0) is 20.1 Å². The first kappa shape index (κ1) is 30.0. The highest BCUT2D eigenvalue weighted by Gasteiger charge is 2.61. The SMILES string of the molecule is C/C(=N\Nc1ccc(S(=O)(=O)N(C)C)c2nonc12)[C@H]1CC[C@H]2[C@@H]3CC[C@@H]4C[C@@H](S(=O)(=O)O)CC[C@]4(C)[C@H]3CC[C@]12C. The third-order valence-electron chi connectivity index (χ3n) is 12.0. The lowest BCUT2D eigenvalue weighted by Crippen LogP contribution is -2.54. The summed E-state index contributed by atoms with van der Waals surface area (Å²) in [5, 5.41) is 12.0. The first-order valence-corrected chi connectivity index (χ1v) is 18.1. The molecular weight excluding hydrogens is 578 g/mol. The highest BCUT2D eigenvalue weighted by Crippen LogP contribution is 2.67. The summed E-state index contributed by atoms with van der Waals surface area (Å²) < 4.78 is 65.1. The lowest BCUT2D eigenvalue weighted by molar-refractivity contribution is -0.106. The summed E-state index contributed by atoms with van der Waals surface area (Å²) in [6.45, 7) is 6.92. The minimum atomic E-state index is -3.98. The molecular formula is C29H43N5O6S2. The fourth-order valence-electron chi connectivity index (χ4n) is 9.74. The summed E-state index contributed by atoms with van der Waals surface area (Å²) in [6.07, 6.45) is 8.71. The molecule has 8 atom stereocenters. The van der Waals surface area contributed by atoms with Crippen molar-refractivity contribution >= 4 is 42.6 Å². The summed E-state index contributed by atoms with van der Waals surface area (Å²) in [6, 6.07) is 3.16. The van der Waals surface area contributed by atoms with Crippen molar-refractivity contribution in [2.24, 2.45) is 45.5 Å². The van der Waals surface area contributed by atoms with Gasteiger partial charge in [-0.3, -0.25) is 9.98 Å². The van der Waals surface area contributed by atoms with Gasteiger partial charge in [0.25, 0.3) is 10.1 Å². The van der Waals surface area contributed by atoms with E-state index in [9.17, 15) is 21.4 Å². The summed E-state index contributed by atoms with van der Waals surface area (Å²) >= 11 is 0. The van der Waals surface area contributed by atoms with Crippen molar-refractivity contribution in [3.63, 3.8) is 0 Å². The van der Waals surface area contributed by atoms with Crippen molar-refractivity contribution in [2.45, 2.75) is 88.7 Å². The molecule has 4 aliphatic rings. The number of hydrazone groups is 1. The second-order valence-corrected chi connectivity index (χ2v) is 17.8. The Hall–Kier alpha value is -2.09. The van der Waals surface area contributed by atoms with E-state index in [2.05, 4.69) is 36.5 Å². The Morgan fingerprint density at radius 3 is 2.38 bits per heavy atom. The first-order valence-electron chi connectivity index (χ1n) is 15.1. The van der Waals surface area contributed by atoms with Gasteiger partial charge in [-0.25, -0.2) is 17.4 Å². The van der Waals surface area contributed by atoms with Gasteiger partial charge in [-0.15, -0.1) is 0 Å². The summed E-state index contributed by atoms with van der Waals surface area (Å²) in [5.41, 5.74) is 5.47. The molecule has 232 valence electrons. The molecule has 4 aliphatic carbocycles. The predicted molar refractivity (Wildman–Crippen MR) is 160 cm³/mol. The number of fused-ring (bicyclic) bond motifs is 6. The van der Waals surface area contributed by atoms with Crippen LogP contribution in [0.2, 0.25) is 0 Å². The van der Waals surface area contributed by atoms with E-state index in [1.54, 1.807) is 6.07 Å². The van der Waals surface area contributed by atoms with E-state index in [0.717, 1.165) is 55.0 Å². The Morgan fingerprint density at radius 1 is 0.976 bits per heavy atom. The van der Waals surface area contributed by atoms with Gasteiger partial charge in [0, 0.05) is 25.7 Å². The fourth-order valence-corrected chi connectivity index (χ4v) is 11.6. The van der Waals surface area contributed by atoms with Gasteiger partial charge in [0.05, 0.1) is 10.9 Å². The number of rotatable bonds is 6. The van der Waals surface area contributed by atoms with Gasteiger partial charge in [0.1, 0.15) is 4.90 Å². The van der Waals surface area contributed by atoms with E-state index in [1.807, 2.05) is 0 Å². The lowest BCUT2D eigenvalue weighted by atomic mass is 9.44. The number of sulfonamides is 1. The highest BCUT2D eigenvalue weighted by atomic mass is 32.2. The van der Waals surface area contributed by atoms with Gasteiger partial charge >= 0.3 is 0 Å². The van der Waals surface area contributed by atoms with Crippen LogP contribution in [0.4, 0.5) is 5.69 Å². The Kier molecular flexibility index (Phi) is 7.30. The van der Waals surface area contributed by atoms with Crippen LogP contribution in [0.5, 0.6) is 0 Å². The van der Waals surface area contributed by atoms with E-state index >= 15 is 0 Å². The molecule has 42 heavy (non-hydrogen) atoms. The number of hydrogen-bond donors (Lipinski definition) is 2. The summed E-state index contributed by atoms with van der Waals surface area (Å²) in [7, 11) is -4.76. The van der Waals surface area contributed by atoms with Gasteiger partial charge in [0.15, 0.2) is 11.0 Å². The molecule has 0 saturated heterocycles. The number of nitrogens with one attached hydrogen (secondary N) is 1. The summed E-state index contributed by atoms with van der Waals surface area (Å²) in [4.78, 5) is 0.0350. The minimum Gasteiger partial charge on any atom is -0.285 e. The molecule has 0 amide bonds. The van der Waals surface area contributed by atoms with Crippen molar-refractivity contribution in [3.8, 4) is 0 Å². The van der Waals surface area contributed by atoms with Gasteiger partial charge in [0.2, 0.25) is 10.0 Å². The number of benzene rings is 1. The number of nitrogens with zero attached hydrogens (tertiary/aromatic N) is 4. The summed E-state index contributed by atoms with van der Waals surface area (Å²) in [5.74, 6) is 2.51. The van der Waals surface area contributed by atoms with E-state index < -0.39 is 25.4 Å². The molecule has 13 heteroatoms. The lowest BCUT2D eigenvalue weighted by Gasteiger charge is -2.61. The van der Waals surface area contributed by atoms with Crippen LogP contribution in [0, 0.1) is 40.4 Å². The molecule has 4 saturated carbocycles. The van der Waals surface area contributed by atoms with Crippen molar-refractivity contribution in [3.05, 3.63) is 12.1 Å². The Balaban J connectivity index is 1.20. The molecule has 1 aromatic heterocycles. The standard InChI is InChI=1S/C29H43N5O6S2/c1-17(30-31-24-10-11-25(41(35,36)34(4)5)27-26(24)32-40-33-27)21-8-9-22-20-7-6-18-16-19(42(37,38)39)12-14-28(18,2)23(20)13-15-29(21,22)3/h10-11,18-23,31H,6-9,12-16H2,1-5H3,(H,37,38,39)/b30-17+/t18-,19+,20+,21-,22+,23+,28+,29-/m1/s1. The molecule has 0 bridgehead atoms. The number of hydrogen-bond acceptors (Lipinski definition) is 9. The molecule has 0 spiro atoms. The van der Waals surface area contributed by atoms with E-state index in [0.29, 0.717) is 53.6 Å². The minimum absolute atomic E-state index is 0.0350. The average Bonchev–Trinajstić information content (AvgIpc) is 3.55. The third kappa shape index (κ3) is 4.60. The second-order valence-electron chi connectivity index (χ2n) is 14.0. The average molecular weight is 622 g/mol. The fraction of sp³-hybridized carbons (Fsp3) is 0.759. The van der Waals surface area contributed by atoms with Crippen LogP contribution in [-0.4, -0.2) is 61.1 Å². The first-order chi connectivity index (χ1) is 19.7. The molecule has 11 nitrogen and oxygen atoms in total. The van der Waals surface area contributed by atoms with Crippen LogP contribution in [0.1, 0.15) is 78.6 Å².